The Morgan fingerprint density at radius 1 is 1.26 bits per heavy atom. The Morgan fingerprint density at radius 3 is 2.56 bits per heavy atom. The number of hydrogen-bond donors (Lipinski definition) is 1. The summed E-state index contributed by atoms with van der Waals surface area (Å²) >= 11 is 13.9. The third-order valence-electron chi connectivity index (χ3n) is 4.64. The van der Waals surface area contributed by atoms with Gasteiger partial charge in [-0.1, -0.05) is 42.1 Å². The van der Waals surface area contributed by atoms with E-state index in [1.807, 2.05) is 6.92 Å². The van der Waals surface area contributed by atoms with E-state index < -0.39 is 0 Å². The predicted molar refractivity (Wildman–Crippen MR) is 113 cm³/mol. The number of carbonyl (C=O) groups is 1. The molecule has 1 aromatic carbocycles. The van der Waals surface area contributed by atoms with E-state index >= 15 is 0 Å². The van der Waals surface area contributed by atoms with Crippen LogP contribution in [0.1, 0.15) is 47.8 Å². The molecule has 3 rings (SSSR count). The topological polar surface area (TPSA) is 56.1 Å². The lowest BCUT2D eigenvalue weighted by atomic mass is 10.0. The Labute approximate surface area is 173 Å². The monoisotopic (exact) mass is 421 g/mol. The summed E-state index contributed by atoms with van der Waals surface area (Å²) in [5.41, 5.74) is 1.79. The summed E-state index contributed by atoms with van der Waals surface area (Å²) in [5, 5.41) is 14.6. The summed E-state index contributed by atoms with van der Waals surface area (Å²) in [4.78, 5) is 15.5. The highest BCUT2D eigenvalue weighted by molar-refractivity contribution is 7.19. The molecule has 0 unspecified atom stereocenters. The maximum absolute atomic E-state index is 12.8. The minimum atomic E-state index is -0.180. The van der Waals surface area contributed by atoms with Gasteiger partial charge >= 0.3 is 0 Å². The summed E-state index contributed by atoms with van der Waals surface area (Å²) in [5.74, 6) is -0.180. The lowest BCUT2D eigenvalue weighted by Crippen LogP contribution is -2.23. The minimum absolute atomic E-state index is 0.180. The van der Waals surface area contributed by atoms with Crippen LogP contribution < -0.4 is 10.2 Å². The van der Waals surface area contributed by atoms with E-state index in [4.69, 9.17) is 23.2 Å². The van der Waals surface area contributed by atoms with Crippen molar-refractivity contribution in [3.8, 4) is 17.2 Å². The molecular weight excluding hydrogens is 401 g/mol. The van der Waals surface area contributed by atoms with Gasteiger partial charge in [-0.25, -0.2) is 0 Å². The number of halogens is 2. The van der Waals surface area contributed by atoms with Crippen LogP contribution >= 0.6 is 34.5 Å². The molecule has 0 radical (unpaired) electrons. The third kappa shape index (κ3) is 4.24. The summed E-state index contributed by atoms with van der Waals surface area (Å²) in [7, 11) is 0. The molecule has 0 spiro atoms. The van der Waals surface area contributed by atoms with E-state index in [-0.39, 0.29) is 5.91 Å². The van der Waals surface area contributed by atoms with Crippen LogP contribution in [0, 0.1) is 11.3 Å². The number of nitrogens with zero attached hydrogens (tertiary/aromatic N) is 2. The molecule has 0 saturated carbocycles. The molecule has 2 aromatic rings. The highest BCUT2D eigenvalue weighted by atomic mass is 35.5. The molecule has 2 heterocycles. The first-order valence-corrected chi connectivity index (χ1v) is 10.7. The molecule has 0 bridgehead atoms. The van der Waals surface area contributed by atoms with Gasteiger partial charge in [-0.05, 0) is 31.9 Å². The lowest BCUT2D eigenvalue weighted by molar-refractivity contribution is 0.0960. The number of rotatable bonds is 4. The van der Waals surface area contributed by atoms with Gasteiger partial charge in [0.25, 0.3) is 5.91 Å². The van der Waals surface area contributed by atoms with Crippen LogP contribution in [0.2, 0.25) is 10.0 Å². The molecule has 1 fully saturated rings. The zero-order valence-corrected chi connectivity index (χ0v) is 17.5. The first-order chi connectivity index (χ1) is 13.1. The molecule has 1 saturated heterocycles. The van der Waals surface area contributed by atoms with Crippen molar-refractivity contribution < 1.29 is 4.79 Å². The Kier molecular flexibility index (Phi) is 6.64. The Bertz CT molecular complexity index is 880. The molecule has 0 aliphatic carbocycles. The predicted octanol–water partition coefficient (Wildman–Crippen LogP) is 5.72. The van der Waals surface area contributed by atoms with Gasteiger partial charge < -0.3 is 10.2 Å². The molecule has 4 nitrogen and oxygen atoms in total. The van der Waals surface area contributed by atoms with Gasteiger partial charge in [0.1, 0.15) is 15.9 Å². The van der Waals surface area contributed by atoms with Crippen molar-refractivity contribution in [2.75, 3.05) is 24.5 Å². The molecular formula is C20H21Cl2N3OS. The van der Waals surface area contributed by atoms with Crippen molar-refractivity contribution >= 4 is 45.4 Å². The molecule has 1 N–H and O–H groups in total. The number of nitrogens with one attached hydrogen (secondary N) is 1. The highest BCUT2D eigenvalue weighted by Crippen LogP contribution is 2.45. The van der Waals surface area contributed by atoms with Crippen LogP contribution in [0.5, 0.6) is 0 Å². The smallest absolute Gasteiger partial charge is 0.262 e. The SMILES string of the molecule is CCNC(=O)c1sc(N2CCCCCC2)c(C#N)c1-c1ccc(Cl)cc1Cl. The van der Waals surface area contributed by atoms with E-state index in [0.29, 0.717) is 38.2 Å². The zero-order chi connectivity index (χ0) is 19.4. The van der Waals surface area contributed by atoms with Crippen LogP contribution in [-0.4, -0.2) is 25.5 Å². The Morgan fingerprint density at radius 2 is 1.96 bits per heavy atom. The second-order valence-corrected chi connectivity index (χ2v) is 8.33. The Hall–Kier alpha value is -1.74. The fourth-order valence-corrected chi connectivity index (χ4v) is 5.11. The van der Waals surface area contributed by atoms with Crippen LogP contribution in [0.4, 0.5) is 5.00 Å². The fraction of sp³-hybridized carbons (Fsp3) is 0.400. The molecule has 1 aliphatic rings. The summed E-state index contributed by atoms with van der Waals surface area (Å²) in [6, 6.07) is 7.49. The summed E-state index contributed by atoms with van der Waals surface area (Å²) in [6.45, 7) is 4.20. The Balaban J connectivity index is 2.19. The van der Waals surface area contributed by atoms with Crippen molar-refractivity contribution in [2.24, 2.45) is 0 Å². The van der Waals surface area contributed by atoms with Gasteiger partial charge in [0.05, 0.1) is 5.56 Å². The van der Waals surface area contributed by atoms with Gasteiger partial charge in [0.15, 0.2) is 0 Å². The van der Waals surface area contributed by atoms with E-state index in [1.54, 1.807) is 18.2 Å². The second kappa shape index (κ2) is 8.97. The van der Waals surface area contributed by atoms with E-state index in [9.17, 15) is 10.1 Å². The van der Waals surface area contributed by atoms with Gasteiger partial charge in [-0.15, -0.1) is 11.3 Å². The molecule has 1 aromatic heterocycles. The standard InChI is InChI=1S/C20H21Cl2N3OS/c1-2-24-19(26)18-17(14-8-7-13(21)11-16(14)22)15(12-23)20(27-18)25-9-5-3-4-6-10-25/h7-8,11H,2-6,9-10H2,1H3,(H,24,26). The highest BCUT2D eigenvalue weighted by Gasteiger charge is 2.28. The maximum atomic E-state index is 12.8. The van der Waals surface area contributed by atoms with Crippen molar-refractivity contribution in [2.45, 2.75) is 32.6 Å². The summed E-state index contributed by atoms with van der Waals surface area (Å²) in [6.07, 6.45) is 4.58. The van der Waals surface area contributed by atoms with E-state index in [0.717, 1.165) is 30.9 Å². The average Bonchev–Trinajstić information content (AvgIpc) is 2.82. The molecule has 142 valence electrons. The minimum Gasteiger partial charge on any atom is -0.362 e. The number of hydrogen-bond acceptors (Lipinski definition) is 4. The van der Waals surface area contributed by atoms with Crippen LogP contribution in [-0.2, 0) is 0 Å². The summed E-state index contributed by atoms with van der Waals surface area (Å²) < 4.78 is 0. The molecule has 0 atom stereocenters. The third-order valence-corrected chi connectivity index (χ3v) is 6.44. The largest absolute Gasteiger partial charge is 0.362 e. The van der Waals surface area contributed by atoms with Crippen LogP contribution in [0.25, 0.3) is 11.1 Å². The average molecular weight is 422 g/mol. The fourth-order valence-electron chi connectivity index (χ4n) is 3.37. The normalized spacial score (nSPS) is 14.5. The number of benzene rings is 1. The number of anilines is 1. The number of carbonyl (C=O) groups excluding carboxylic acids is 1. The van der Waals surface area contributed by atoms with Crippen molar-refractivity contribution in [3.05, 3.63) is 38.7 Å². The number of amides is 1. The van der Waals surface area contributed by atoms with Gasteiger partial charge in [0.2, 0.25) is 0 Å². The van der Waals surface area contributed by atoms with Crippen molar-refractivity contribution in [3.63, 3.8) is 0 Å². The van der Waals surface area contributed by atoms with Gasteiger partial charge in [-0.2, -0.15) is 5.26 Å². The number of thiophene rings is 1. The maximum Gasteiger partial charge on any atom is 0.262 e. The van der Waals surface area contributed by atoms with Crippen molar-refractivity contribution in [1.29, 1.82) is 5.26 Å². The molecule has 1 amide bonds. The molecule has 27 heavy (non-hydrogen) atoms. The van der Waals surface area contributed by atoms with Crippen molar-refractivity contribution in [1.82, 2.24) is 5.32 Å². The second-order valence-electron chi connectivity index (χ2n) is 6.48. The first-order valence-electron chi connectivity index (χ1n) is 9.12. The quantitative estimate of drug-likeness (QED) is 0.685. The van der Waals surface area contributed by atoms with Crippen LogP contribution in [0.15, 0.2) is 18.2 Å². The van der Waals surface area contributed by atoms with E-state index in [2.05, 4.69) is 16.3 Å². The lowest BCUT2D eigenvalue weighted by Gasteiger charge is -2.21. The molecule has 7 heteroatoms. The van der Waals surface area contributed by atoms with Gasteiger partial charge in [0, 0.05) is 40.8 Å². The zero-order valence-electron chi connectivity index (χ0n) is 15.1. The molecule has 1 aliphatic heterocycles. The number of nitriles is 1. The van der Waals surface area contributed by atoms with Crippen LogP contribution in [0.3, 0.4) is 0 Å². The van der Waals surface area contributed by atoms with Gasteiger partial charge in [-0.3, -0.25) is 4.79 Å². The first kappa shape index (κ1) is 20.0. The van der Waals surface area contributed by atoms with E-state index in [1.165, 1.54) is 24.2 Å².